The van der Waals surface area contributed by atoms with Gasteiger partial charge < -0.3 is 0 Å². The molecule has 0 saturated carbocycles. The van der Waals surface area contributed by atoms with Crippen LogP contribution < -0.4 is 4.72 Å². The zero-order chi connectivity index (χ0) is 14.8. The summed E-state index contributed by atoms with van der Waals surface area (Å²) in [5.74, 6) is 0. The summed E-state index contributed by atoms with van der Waals surface area (Å²) in [6.07, 6.45) is 0.699. The van der Waals surface area contributed by atoms with Gasteiger partial charge in [-0.15, -0.1) is 11.3 Å². The number of thiophene rings is 1. The van der Waals surface area contributed by atoms with Gasteiger partial charge in [0.2, 0.25) is 0 Å². The van der Waals surface area contributed by atoms with Gasteiger partial charge >= 0.3 is 0 Å². The maximum absolute atomic E-state index is 12.0. The van der Waals surface area contributed by atoms with Crippen molar-refractivity contribution in [3.05, 3.63) is 33.4 Å². The molecule has 0 bridgehead atoms. The number of aryl methyl sites for hydroxylation is 3. The molecule has 0 amide bonds. The standard InChI is InChI=1S/C12H16BrN3O2S2/c1-9-8-10(2)16(15-9)6-3-5-14-20(17,18)12-11(13)4-7-19-12/h4,7-8,14H,3,5-6H2,1-2H3. The average molecular weight is 378 g/mol. The molecule has 2 heterocycles. The summed E-state index contributed by atoms with van der Waals surface area (Å²) in [6, 6.07) is 3.74. The molecule has 0 aromatic carbocycles. The number of sulfonamides is 1. The van der Waals surface area contributed by atoms with Crippen LogP contribution in [0.25, 0.3) is 0 Å². The second kappa shape index (κ2) is 6.38. The maximum Gasteiger partial charge on any atom is 0.251 e. The molecule has 0 aliphatic heterocycles. The van der Waals surface area contributed by atoms with Crippen molar-refractivity contribution >= 4 is 37.3 Å². The molecule has 1 N–H and O–H groups in total. The molecule has 2 aromatic heterocycles. The van der Waals surface area contributed by atoms with Gasteiger partial charge in [0.15, 0.2) is 0 Å². The Bertz CT molecular complexity index is 691. The first-order valence-corrected chi connectivity index (χ1v) is 9.29. The summed E-state index contributed by atoms with van der Waals surface area (Å²) in [5.41, 5.74) is 2.07. The zero-order valence-electron chi connectivity index (χ0n) is 11.3. The summed E-state index contributed by atoms with van der Waals surface area (Å²) in [5, 5.41) is 6.09. The number of nitrogens with one attached hydrogen (secondary N) is 1. The van der Waals surface area contributed by atoms with Crippen molar-refractivity contribution in [2.24, 2.45) is 0 Å². The molecule has 0 atom stereocenters. The Morgan fingerprint density at radius 1 is 1.45 bits per heavy atom. The minimum absolute atomic E-state index is 0.323. The predicted octanol–water partition coefficient (Wildman–Crippen LogP) is 2.69. The fourth-order valence-corrected chi connectivity index (χ4v) is 5.33. The van der Waals surface area contributed by atoms with Crippen molar-refractivity contribution in [3.8, 4) is 0 Å². The normalized spacial score (nSPS) is 11.9. The first kappa shape index (κ1) is 15.7. The van der Waals surface area contributed by atoms with Crippen LogP contribution >= 0.6 is 27.3 Å². The fourth-order valence-electron chi connectivity index (χ4n) is 1.87. The second-order valence-electron chi connectivity index (χ2n) is 4.46. The van der Waals surface area contributed by atoms with Crippen LogP contribution in [-0.4, -0.2) is 24.7 Å². The molecule has 0 spiro atoms. The maximum atomic E-state index is 12.0. The highest BCUT2D eigenvalue weighted by Crippen LogP contribution is 2.27. The van der Waals surface area contributed by atoms with E-state index in [1.54, 1.807) is 11.4 Å². The van der Waals surface area contributed by atoms with Crippen LogP contribution in [-0.2, 0) is 16.6 Å². The van der Waals surface area contributed by atoms with E-state index in [4.69, 9.17) is 0 Å². The molecular formula is C12H16BrN3O2S2. The molecule has 0 unspecified atom stereocenters. The van der Waals surface area contributed by atoms with E-state index < -0.39 is 10.0 Å². The first-order chi connectivity index (χ1) is 9.40. The smallest absolute Gasteiger partial charge is 0.251 e. The molecule has 2 rings (SSSR count). The number of nitrogens with zero attached hydrogens (tertiary/aromatic N) is 2. The molecule has 2 aromatic rings. The Labute approximate surface area is 131 Å². The highest BCUT2D eigenvalue weighted by molar-refractivity contribution is 9.10. The van der Waals surface area contributed by atoms with E-state index in [-0.39, 0.29) is 0 Å². The third-order valence-electron chi connectivity index (χ3n) is 2.77. The topological polar surface area (TPSA) is 64.0 Å². The van der Waals surface area contributed by atoms with E-state index in [2.05, 4.69) is 25.8 Å². The van der Waals surface area contributed by atoms with Crippen LogP contribution in [0.3, 0.4) is 0 Å². The van der Waals surface area contributed by atoms with Crippen molar-refractivity contribution in [3.63, 3.8) is 0 Å². The van der Waals surface area contributed by atoms with Gasteiger partial charge in [0.05, 0.1) is 5.69 Å². The molecule has 5 nitrogen and oxygen atoms in total. The molecule has 0 aliphatic rings. The zero-order valence-corrected chi connectivity index (χ0v) is 14.5. The van der Waals surface area contributed by atoms with Crippen LogP contribution in [0.1, 0.15) is 17.8 Å². The number of hydrogen-bond donors (Lipinski definition) is 1. The van der Waals surface area contributed by atoms with Crippen LogP contribution in [0.2, 0.25) is 0 Å². The molecule has 0 aliphatic carbocycles. The quantitative estimate of drug-likeness (QED) is 0.787. The number of rotatable bonds is 6. The van der Waals surface area contributed by atoms with E-state index in [1.165, 1.54) is 11.3 Å². The third kappa shape index (κ3) is 3.69. The van der Waals surface area contributed by atoms with Gasteiger partial charge in [-0.3, -0.25) is 4.68 Å². The minimum atomic E-state index is -3.41. The second-order valence-corrected chi connectivity index (χ2v) is 8.19. The van der Waals surface area contributed by atoms with Gasteiger partial charge in [-0.05, 0) is 53.7 Å². The summed E-state index contributed by atoms with van der Waals surface area (Å²) in [7, 11) is -3.41. The Hall–Kier alpha value is -0.700. The molecule has 0 radical (unpaired) electrons. The van der Waals surface area contributed by atoms with Crippen LogP contribution in [0.5, 0.6) is 0 Å². The summed E-state index contributed by atoms with van der Waals surface area (Å²) in [4.78, 5) is 0. The van der Waals surface area contributed by atoms with Crippen molar-refractivity contribution in [1.82, 2.24) is 14.5 Å². The van der Waals surface area contributed by atoms with Gasteiger partial charge in [-0.2, -0.15) is 5.10 Å². The molecular weight excluding hydrogens is 362 g/mol. The Morgan fingerprint density at radius 2 is 2.20 bits per heavy atom. The van der Waals surface area contributed by atoms with Crippen molar-refractivity contribution in [1.29, 1.82) is 0 Å². The van der Waals surface area contributed by atoms with Crippen molar-refractivity contribution in [2.75, 3.05) is 6.54 Å². The minimum Gasteiger partial charge on any atom is -0.270 e. The molecule has 0 fully saturated rings. The Morgan fingerprint density at radius 3 is 2.75 bits per heavy atom. The van der Waals surface area contributed by atoms with E-state index in [0.29, 0.717) is 28.2 Å². The van der Waals surface area contributed by atoms with Crippen LogP contribution in [0.4, 0.5) is 0 Å². The molecule has 110 valence electrons. The van der Waals surface area contributed by atoms with Crippen molar-refractivity contribution in [2.45, 2.75) is 31.0 Å². The summed E-state index contributed by atoms with van der Waals surface area (Å²) >= 11 is 4.44. The summed E-state index contributed by atoms with van der Waals surface area (Å²) < 4.78 is 29.5. The van der Waals surface area contributed by atoms with Gasteiger partial charge in [0.1, 0.15) is 4.21 Å². The van der Waals surface area contributed by atoms with E-state index in [0.717, 1.165) is 11.4 Å². The van der Waals surface area contributed by atoms with Gasteiger partial charge in [-0.25, -0.2) is 13.1 Å². The monoisotopic (exact) mass is 377 g/mol. The Balaban J connectivity index is 1.87. The van der Waals surface area contributed by atoms with Gasteiger partial charge in [0, 0.05) is 23.3 Å². The largest absolute Gasteiger partial charge is 0.270 e. The van der Waals surface area contributed by atoms with E-state index in [9.17, 15) is 8.42 Å². The molecule has 8 heteroatoms. The lowest BCUT2D eigenvalue weighted by Gasteiger charge is -2.07. The fraction of sp³-hybridized carbons (Fsp3) is 0.417. The van der Waals surface area contributed by atoms with Crippen molar-refractivity contribution < 1.29 is 8.42 Å². The molecule has 0 saturated heterocycles. The van der Waals surface area contributed by atoms with Crippen LogP contribution in [0.15, 0.2) is 26.2 Å². The third-order valence-corrected chi connectivity index (χ3v) is 6.90. The SMILES string of the molecule is Cc1cc(C)n(CCCNS(=O)(=O)c2sccc2Br)n1. The number of halogens is 1. The molecule has 20 heavy (non-hydrogen) atoms. The van der Waals surface area contributed by atoms with Gasteiger partial charge in [-0.1, -0.05) is 0 Å². The number of aromatic nitrogens is 2. The Kier molecular flexibility index (Phi) is 5.00. The van der Waals surface area contributed by atoms with Gasteiger partial charge in [0.25, 0.3) is 10.0 Å². The van der Waals surface area contributed by atoms with E-state index in [1.807, 2.05) is 24.6 Å². The number of hydrogen-bond acceptors (Lipinski definition) is 4. The first-order valence-electron chi connectivity index (χ1n) is 6.14. The van der Waals surface area contributed by atoms with Crippen LogP contribution in [0, 0.1) is 13.8 Å². The predicted molar refractivity (Wildman–Crippen MR) is 83.5 cm³/mol. The van der Waals surface area contributed by atoms with E-state index >= 15 is 0 Å². The summed E-state index contributed by atoms with van der Waals surface area (Å²) in [6.45, 7) is 5.03. The lowest BCUT2D eigenvalue weighted by Crippen LogP contribution is -2.25. The average Bonchev–Trinajstić information content (AvgIpc) is 2.91. The lowest BCUT2D eigenvalue weighted by molar-refractivity contribution is 0.545. The highest BCUT2D eigenvalue weighted by Gasteiger charge is 2.18. The highest BCUT2D eigenvalue weighted by atomic mass is 79.9. The lowest BCUT2D eigenvalue weighted by atomic mass is 10.4.